The number of nitro groups is 1. The lowest BCUT2D eigenvalue weighted by atomic mass is 10.0. The number of sulfonamides is 1. The Hall–Kier alpha value is -1.75. The molecule has 2 N–H and O–H groups in total. The molecule has 0 aromatic heterocycles. The lowest BCUT2D eigenvalue weighted by molar-refractivity contribution is -0.911. The summed E-state index contributed by atoms with van der Waals surface area (Å²) >= 11 is 0. The van der Waals surface area contributed by atoms with E-state index in [9.17, 15) is 23.6 Å². The molecule has 3 rings (SSSR count). The number of aliphatic hydroxyl groups excluding tert-OH is 1. The van der Waals surface area contributed by atoms with E-state index >= 15 is 0 Å². The summed E-state index contributed by atoms with van der Waals surface area (Å²) in [5.41, 5.74) is -0.406. The van der Waals surface area contributed by atoms with Gasteiger partial charge in [0, 0.05) is 25.1 Å². The minimum Gasteiger partial charge on any atom is -0.484 e. The van der Waals surface area contributed by atoms with Gasteiger partial charge in [-0.3, -0.25) is 10.1 Å². The van der Waals surface area contributed by atoms with Crippen LogP contribution in [0.3, 0.4) is 0 Å². The van der Waals surface area contributed by atoms with Crippen LogP contribution in [-0.2, 0) is 10.0 Å². The van der Waals surface area contributed by atoms with Gasteiger partial charge < -0.3 is 14.7 Å². The Bertz CT molecular complexity index is 825. The quantitative estimate of drug-likeness (QED) is 0.459. The second-order valence-corrected chi connectivity index (χ2v) is 10.1. The van der Waals surface area contributed by atoms with E-state index in [0.717, 1.165) is 38.4 Å². The molecule has 1 aromatic carbocycles. The Balaban J connectivity index is 1.66. The molecular formula is C19H30N3O6S+. The second kappa shape index (κ2) is 9.38. The summed E-state index contributed by atoms with van der Waals surface area (Å²) < 4.78 is 32.2. The normalized spacial score (nSPS) is 24.3. The van der Waals surface area contributed by atoms with Gasteiger partial charge in [0.25, 0.3) is 0 Å². The topological polar surface area (TPSA) is 114 Å². The molecule has 29 heavy (non-hydrogen) atoms. The van der Waals surface area contributed by atoms with Gasteiger partial charge in [-0.1, -0.05) is 6.92 Å². The molecule has 2 aliphatic heterocycles. The van der Waals surface area contributed by atoms with Crippen LogP contribution in [-0.4, -0.2) is 68.2 Å². The Morgan fingerprint density at radius 3 is 2.72 bits per heavy atom. The third-order valence-corrected chi connectivity index (χ3v) is 7.54. The molecule has 9 nitrogen and oxygen atoms in total. The molecule has 0 aliphatic carbocycles. The lowest BCUT2D eigenvalue weighted by Crippen LogP contribution is -3.14. The van der Waals surface area contributed by atoms with Crippen molar-refractivity contribution in [1.82, 2.24) is 4.31 Å². The number of piperidine rings is 1. The molecule has 0 amide bonds. The summed E-state index contributed by atoms with van der Waals surface area (Å²) in [5.74, 6) is 0.592. The monoisotopic (exact) mass is 428 g/mol. The molecule has 2 aliphatic rings. The molecule has 2 fully saturated rings. The summed E-state index contributed by atoms with van der Waals surface area (Å²) in [7, 11) is -3.75. The van der Waals surface area contributed by atoms with Crippen molar-refractivity contribution in [2.24, 2.45) is 5.92 Å². The fourth-order valence-electron chi connectivity index (χ4n) is 4.16. The van der Waals surface area contributed by atoms with E-state index in [-0.39, 0.29) is 17.3 Å². The highest BCUT2D eigenvalue weighted by atomic mass is 32.2. The Morgan fingerprint density at radius 1 is 1.34 bits per heavy atom. The first-order valence-corrected chi connectivity index (χ1v) is 11.6. The number of quaternary nitrogens is 1. The molecule has 2 saturated heterocycles. The molecule has 10 heteroatoms. The van der Waals surface area contributed by atoms with Gasteiger partial charge in [0.05, 0.1) is 22.9 Å². The van der Waals surface area contributed by atoms with Gasteiger partial charge in [-0.2, -0.15) is 4.31 Å². The summed E-state index contributed by atoms with van der Waals surface area (Å²) in [6.45, 7) is 5.51. The van der Waals surface area contributed by atoms with Gasteiger partial charge in [-0.15, -0.1) is 0 Å². The number of ether oxygens (including phenoxy) is 1. The van der Waals surface area contributed by atoms with E-state index in [4.69, 9.17) is 4.74 Å². The fourth-order valence-corrected chi connectivity index (χ4v) is 5.70. The molecule has 1 unspecified atom stereocenters. The second-order valence-electron chi connectivity index (χ2n) is 8.12. The number of benzene rings is 1. The first-order chi connectivity index (χ1) is 13.8. The van der Waals surface area contributed by atoms with Gasteiger partial charge in [0.2, 0.25) is 10.0 Å². The number of hydrogen-bond acceptors (Lipinski definition) is 6. The van der Waals surface area contributed by atoms with Crippen LogP contribution in [0.4, 0.5) is 5.69 Å². The zero-order chi connectivity index (χ0) is 21.0. The molecule has 2 heterocycles. The third-order valence-electron chi connectivity index (χ3n) is 5.65. The van der Waals surface area contributed by atoms with E-state index in [1.807, 2.05) is 0 Å². The maximum atomic E-state index is 12.7. The smallest absolute Gasteiger partial charge is 0.312 e. The van der Waals surface area contributed by atoms with Crippen LogP contribution < -0.4 is 9.64 Å². The van der Waals surface area contributed by atoms with Crippen molar-refractivity contribution >= 4 is 15.7 Å². The Labute approximate surface area is 171 Å². The molecule has 0 radical (unpaired) electrons. The van der Waals surface area contributed by atoms with E-state index in [0.29, 0.717) is 25.6 Å². The maximum Gasteiger partial charge on any atom is 0.312 e. The minimum absolute atomic E-state index is 0.0311. The van der Waals surface area contributed by atoms with E-state index < -0.39 is 26.7 Å². The molecule has 0 saturated carbocycles. The highest BCUT2D eigenvalue weighted by Crippen LogP contribution is 2.31. The van der Waals surface area contributed by atoms with Crippen LogP contribution in [0.25, 0.3) is 0 Å². The molecule has 0 bridgehead atoms. The van der Waals surface area contributed by atoms with Gasteiger partial charge >= 0.3 is 5.69 Å². The number of likely N-dealkylation sites (tertiary alicyclic amines) is 1. The van der Waals surface area contributed by atoms with Crippen molar-refractivity contribution in [3.8, 4) is 5.75 Å². The van der Waals surface area contributed by atoms with Gasteiger partial charge in [0.15, 0.2) is 5.75 Å². The van der Waals surface area contributed by atoms with Crippen LogP contribution >= 0.6 is 0 Å². The average molecular weight is 429 g/mol. The largest absolute Gasteiger partial charge is 0.484 e. The highest BCUT2D eigenvalue weighted by Gasteiger charge is 2.30. The number of nitrogens with one attached hydrogen (secondary N) is 1. The van der Waals surface area contributed by atoms with Crippen LogP contribution in [0.15, 0.2) is 23.1 Å². The predicted octanol–water partition coefficient (Wildman–Crippen LogP) is 0.434. The van der Waals surface area contributed by atoms with Gasteiger partial charge in [-0.05, 0) is 37.8 Å². The predicted molar refractivity (Wildman–Crippen MR) is 107 cm³/mol. The van der Waals surface area contributed by atoms with Crippen LogP contribution in [0.5, 0.6) is 5.75 Å². The van der Waals surface area contributed by atoms with Crippen molar-refractivity contribution in [3.05, 3.63) is 28.3 Å². The third kappa shape index (κ3) is 5.44. The molecule has 3 atom stereocenters. The SMILES string of the molecule is C[C@@H]1CCC[NH+](C[C@H](O)COc2ccc(S(=O)(=O)N3CCCC3)cc2[N+](=O)[O-])C1. The Kier molecular flexibility index (Phi) is 7.10. The Morgan fingerprint density at radius 2 is 2.07 bits per heavy atom. The summed E-state index contributed by atoms with van der Waals surface area (Å²) in [6.07, 6.45) is 3.16. The number of hydrogen-bond donors (Lipinski definition) is 2. The number of rotatable bonds is 8. The van der Waals surface area contributed by atoms with E-state index in [1.165, 1.54) is 27.8 Å². The van der Waals surface area contributed by atoms with Crippen LogP contribution in [0, 0.1) is 16.0 Å². The average Bonchev–Trinajstić information content (AvgIpc) is 3.22. The van der Waals surface area contributed by atoms with E-state index in [2.05, 4.69) is 6.92 Å². The maximum absolute atomic E-state index is 12.7. The van der Waals surface area contributed by atoms with Crippen molar-refractivity contribution in [1.29, 1.82) is 0 Å². The lowest BCUT2D eigenvalue weighted by Gasteiger charge is -2.29. The zero-order valence-corrected chi connectivity index (χ0v) is 17.6. The number of nitro benzene ring substituents is 1. The summed E-state index contributed by atoms with van der Waals surface area (Å²) in [5, 5.41) is 21.8. The highest BCUT2D eigenvalue weighted by molar-refractivity contribution is 7.89. The van der Waals surface area contributed by atoms with Crippen molar-refractivity contribution in [2.45, 2.75) is 43.6 Å². The van der Waals surface area contributed by atoms with Crippen molar-refractivity contribution in [3.63, 3.8) is 0 Å². The summed E-state index contributed by atoms with van der Waals surface area (Å²) in [6, 6.07) is 3.69. The van der Waals surface area contributed by atoms with Crippen LogP contribution in [0.2, 0.25) is 0 Å². The van der Waals surface area contributed by atoms with Gasteiger partial charge in [0.1, 0.15) is 19.3 Å². The van der Waals surface area contributed by atoms with Crippen molar-refractivity contribution < 1.29 is 28.1 Å². The zero-order valence-electron chi connectivity index (χ0n) is 16.7. The standard InChI is InChI=1S/C19H29N3O6S/c1-15-5-4-8-20(12-15)13-16(23)14-28-19-7-6-17(11-18(19)22(24)25)29(26,27)21-9-2-3-10-21/h6-7,11,15-16,23H,2-5,8-10,12-14H2,1H3/p+1/t15-,16+/m1/s1. The first-order valence-electron chi connectivity index (χ1n) is 10.2. The molecular weight excluding hydrogens is 398 g/mol. The summed E-state index contributed by atoms with van der Waals surface area (Å²) in [4.78, 5) is 12.0. The molecule has 162 valence electrons. The van der Waals surface area contributed by atoms with Crippen molar-refractivity contribution in [2.75, 3.05) is 39.3 Å². The van der Waals surface area contributed by atoms with Crippen LogP contribution in [0.1, 0.15) is 32.6 Å². The minimum atomic E-state index is -3.75. The molecule has 0 spiro atoms. The number of nitrogens with zero attached hydrogens (tertiary/aromatic N) is 2. The molecule has 1 aromatic rings. The van der Waals surface area contributed by atoms with Gasteiger partial charge in [-0.25, -0.2) is 8.42 Å². The fraction of sp³-hybridized carbons (Fsp3) is 0.684. The first kappa shape index (κ1) is 21.9. The number of aliphatic hydroxyl groups is 1. The van der Waals surface area contributed by atoms with E-state index in [1.54, 1.807) is 0 Å².